The molecule has 6 nitrogen and oxygen atoms in total. The van der Waals surface area contributed by atoms with E-state index in [9.17, 15) is 14.4 Å². The minimum atomic E-state index is -0.823. The fourth-order valence-corrected chi connectivity index (χ4v) is 5.06. The molecule has 0 aromatic heterocycles. The highest BCUT2D eigenvalue weighted by Crippen LogP contribution is 2.36. The number of nitrogens with zero attached hydrogens (tertiary/aromatic N) is 1. The number of anilines is 2. The molecule has 2 aliphatic heterocycles. The van der Waals surface area contributed by atoms with Gasteiger partial charge in [0.25, 0.3) is 0 Å². The summed E-state index contributed by atoms with van der Waals surface area (Å²) < 4.78 is 0.986. The number of rotatable bonds is 3. The number of likely N-dealkylation sites (tertiary alicyclic amines) is 1. The maximum Gasteiger partial charge on any atom is 0.247 e. The van der Waals surface area contributed by atoms with E-state index in [1.165, 1.54) is 11.8 Å². The van der Waals surface area contributed by atoms with Crippen LogP contribution in [0, 0.1) is 12.8 Å². The summed E-state index contributed by atoms with van der Waals surface area (Å²) in [6.07, 6.45) is 1.46. The van der Waals surface area contributed by atoms with Crippen LogP contribution in [0.2, 0.25) is 0 Å². The Morgan fingerprint density at radius 1 is 1.23 bits per heavy atom. The molecule has 8 heteroatoms. The average molecular weight is 488 g/mol. The number of hydrogen-bond donors (Lipinski definition) is 2. The van der Waals surface area contributed by atoms with Crippen LogP contribution in [0.15, 0.2) is 51.8 Å². The molecule has 0 aliphatic carbocycles. The molecule has 2 heterocycles. The van der Waals surface area contributed by atoms with E-state index in [1.54, 1.807) is 4.90 Å². The van der Waals surface area contributed by atoms with Gasteiger partial charge in [-0.1, -0.05) is 28.1 Å². The molecule has 2 aliphatic rings. The molecule has 156 valence electrons. The third-order valence-electron chi connectivity index (χ3n) is 5.38. The monoisotopic (exact) mass is 487 g/mol. The van der Waals surface area contributed by atoms with Crippen molar-refractivity contribution in [2.24, 2.45) is 5.92 Å². The van der Waals surface area contributed by atoms with Crippen molar-refractivity contribution in [2.45, 2.75) is 29.9 Å². The fourth-order valence-electron chi connectivity index (χ4n) is 3.74. The molecule has 4 rings (SSSR count). The number of fused-ring (bicyclic) bond motifs is 1. The molecule has 0 spiro atoms. The quantitative estimate of drug-likeness (QED) is 0.640. The lowest BCUT2D eigenvalue weighted by molar-refractivity contribution is -0.136. The summed E-state index contributed by atoms with van der Waals surface area (Å²) in [5.74, 6) is -0.930. The lowest BCUT2D eigenvalue weighted by Gasteiger charge is -2.35. The molecular formula is C22H22BrN3O3S. The van der Waals surface area contributed by atoms with Crippen molar-refractivity contribution >= 4 is 56.8 Å². The molecule has 2 aromatic rings. The highest BCUT2D eigenvalue weighted by atomic mass is 79.9. The molecule has 2 N–H and O–H groups in total. The Balaban J connectivity index is 1.42. The van der Waals surface area contributed by atoms with Gasteiger partial charge < -0.3 is 15.5 Å². The first-order valence-corrected chi connectivity index (χ1v) is 11.5. The van der Waals surface area contributed by atoms with Crippen LogP contribution in [-0.4, -0.2) is 41.0 Å². The van der Waals surface area contributed by atoms with Gasteiger partial charge in [0.15, 0.2) is 5.25 Å². The normalized spacial score (nSPS) is 20.9. The number of amides is 3. The van der Waals surface area contributed by atoms with Crippen molar-refractivity contribution in [1.82, 2.24) is 4.90 Å². The number of nitrogens with one attached hydrogen (secondary N) is 2. The fraction of sp³-hybridized carbons (Fsp3) is 0.318. The Kier molecular flexibility index (Phi) is 6.15. The summed E-state index contributed by atoms with van der Waals surface area (Å²) in [4.78, 5) is 40.9. The number of piperidine rings is 1. The van der Waals surface area contributed by atoms with Gasteiger partial charge in [-0.25, -0.2) is 0 Å². The van der Waals surface area contributed by atoms with Crippen LogP contribution in [0.3, 0.4) is 0 Å². The number of hydrogen-bond acceptors (Lipinski definition) is 4. The molecule has 3 amide bonds. The first-order chi connectivity index (χ1) is 14.4. The number of aryl methyl sites for hydroxylation is 1. The molecule has 2 atom stereocenters. The maximum atomic E-state index is 13.1. The molecule has 1 fully saturated rings. The molecule has 0 unspecified atom stereocenters. The van der Waals surface area contributed by atoms with Crippen LogP contribution >= 0.6 is 27.7 Å². The predicted octanol–water partition coefficient (Wildman–Crippen LogP) is 4.05. The lowest BCUT2D eigenvalue weighted by atomic mass is 9.96. The Bertz CT molecular complexity index is 1010. The second-order valence-corrected chi connectivity index (χ2v) is 9.56. The van der Waals surface area contributed by atoms with Gasteiger partial charge in [-0.2, -0.15) is 0 Å². The Labute approximate surface area is 187 Å². The van der Waals surface area contributed by atoms with Crippen molar-refractivity contribution in [3.05, 3.63) is 52.5 Å². The molecule has 2 aromatic carbocycles. The highest BCUT2D eigenvalue weighted by molar-refractivity contribution is 9.10. The predicted molar refractivity (Wildman–Crippen MR) is 122 cm³/mol. The van der Waals surface area contributed by atoms with Gasteiger partial charge in [0, 0.05) is 28.1 Å². The van der Waals surface area contributed by atoms with Crippen molar-refractivity contribution in [3.8, 4) is 0 Å². The van der Waals surface area contributed by atoms with E-state index < -0.39 is 5.25 Å². The molecule has 1 saturated heterocycles. The van der Waals surface area contributed by atoms with Crippen molar-refractivity contribution in [1.29, 1.82) is 0 Å². The Hall–Kier alpha value is -2.32. The molecule has 0 saturated carbocycles. The molecule has 0 bridgehead atoms. The smallest absolute Gasteiger partial charge is 0.247 e. The van der Waals surface area contributed by atoms with Crippen molar-refractivity contribution in [3.63, 3.8) is 0 Å². The Morgan fingerprint density at radius 3 is 2.83 bits per heavy atom. The van der Waals surface area contributed by atoms with E-state index >= 15 is 0 Å². The zero-order valence-electron chi connectivity index (χ0n) is 16.5. The first-order valence-electron chi connectivity index (χ1n) is 9.85. The third kappa shape index (κ3) is 4.39. The van der Waals surface area contributed by atoms with Crippen LogP contribution in [-0.2, 0) is 14.4 Å². The summed E-state index contributed by atoms with van der Waals surface area (Å²) in [5, 5.41) is 4.95. The van der Waals surface area contributed by atoms with E-state index in [-0.39, 0.29) is 23.6 Å². The average Bonchev–Trinajstić information content (AvgIpc) is 2.75. The number of para-hydroxylation sites is 1. The van der Waals surface area contributed by atoms with Gasteiger partial charge in [-0.05, 0) is 55.7 Å². The van der Waals surface area contributed by atoms with Crippen LogP contribution in [0.5, 0.6) is 0 Å². The van der Waals surface area contributed by atoms with E-state index in [2.05, 4.69) is 26.6 Å². The van der Waals surface area contributed by atoms with Crippen LogP contribution in [0.25, 0.3) is 0 Å². The van der Waals surface area contributed by atoms with E-state index in [1.807, 2.05) is 49.4 Å². The zero-order valence-corrected chi connectivity index (χ0v) is 18.9. The number of carbonyl (C=O) groups excluding carboxylic acids is 3. The molecule has 0 radical (unpaired) electrons. The standard InChI is InChI=1S/C22H22BrN3O3S/c1-13-11-15(8-9-16(13)23)24-20(27)14-5-4-10-26(12-14)22(29)19-21(28)25-17-6-2-3-7-18(17)30-19/h2-3,6-9,11,14,19H,4-5,10,12H2,1H3,(H,24,27)(H,25,28)/t14-,19+/m0/s1. The Morgan fingerprint density at radius 2 is 2.03 bits per heavy atom. The summed E-state index contributed by atoms with van der Waals surface area (Å²) in [5.41, 5.74) is 2.51. The lowest BCUT2D eigenvalue weighted by Crippen LogP contribution is -2.50. The van der Waals surface area contributed by atoms with Gasteiger partial charge in [0.1, 0.15) is 0 Å². The number of carbonyl (C=O) groups is 3. The topological polar surface area (TPSA) is 78.5 Å². The largest absolute Gasteiger partial charge is 0.340 e. The van der Waals surface area contributed by atoms with E-state index in [0.717, 1.165) is 39.1 Å². The van der Waals surface area contributed by atoms with Crippen molar-refractivity contribution < 1.29 is 14.4 Å². The van der Waals surface area contributed by atoms with Gasteiger partial charge in [0.05, 0.1) is 11.6 Å². The van der Waals surface area contributed by atoms with Crippen LogP contribution in [0.1, 0.15) is 18.4 Å². The maximum absolute atomic E-state index is 13.1. The van der Waals surface area contributed by atoms with Crippen LogP contribution in [0.4, 0.5) is 11.4 Å². The SMILES string of the molecule is Cc1cc(NC(=O)[C@H]2CCCN(C(=O)[C@@H]3Sc4ccccc4NC3=O)C2)ccc1Br. The minimum Gasteiger partial charge on any atom is -0.340 e. The summed E-state index contributed by atoms with van der Waals surface area (Å²) >= 11 is 4.73. The molecular weight excluding hydrogens is 466 g/mol. The number of thioether (sulfide) groups is 1. The van der Waals surface area contributed by atoms with E-state index in [0.29, 0.717) is 13.1 Å². The second-order valence-electron chi connectivity index (χ2n) is 7.56. The minimum absolute atomic E-state index is 0.0969. The van der Waals surface area contributed by atoms with E-state index in [4.69, 9.17) is 0 Å². The second kappa shape index (κ2) is 8.81. The summed E-state index contributed by atoms with van der Waals surface area (Å²) in [7, 11) is 0. The number of benzene rings is 2. The summed E-state index contributed by atoms with van der Waals surface area (Å²) in [6.45, 7) is 2.85. The molecule has 30 heavy (non-hydrogen) atoms. The summed E-state index contributed by atoms with van der Waals surface area (Å²) in [6, 6.07) is 13.1. The number of halogens is 1. The van der Waals surface area contributed by atoms with Gasteiger partial charge >= 0.3 is 0 Å². The highest BCUT2D eigenvalue weighted by Gasteiger charge is 2.38. The van der Waals surface area contributed by atoms with Gasteiger partial charge in [-0.3, -0.25) is 14.4 Å². The zero-order chi connectivity index (χ0) is 21.3. The van der Waals surface area contributed by atoms with Crippen molar-refractivity contribution in [2.75, 3.05) is 23.7 Å². The van der Waals surface area contributed by atoms with Crippen LogP contribution < -0.4 is 10.6 Å². The van der Waals surface area contributed by atoms with Gasteiger partial charge in [0.2, 0.25) is 17.7 Å². The first kappa shape index (κ1) is 20.9. The third-order valence-corrected chi connectivity index (χ3v) is 7.53. The van der Waals surface area contributed by atoms with Gasteiger partial charge in [-0.15, -0.1) is 11.8 Å².